The van der Waals surface area contributed by atoms with E-state index < -0.39 is 0 Å². The number of hydrogen-bond donors (Lipinski definition) is 2. The zero-order chi connectivity index (χ0) is 16.8. The molecule has 0 aliphatic carbocycles. The van der Waals surface area contributed by atoms with Crippen LogP contribution in [0.2, 0.25) is 0 Å². The van der Waals surface area contributed by atoms with E-state index in [1.807, 2.05) is 36.4 Å². The molecule has 1 aliphatic heterocycles. The minimum absolute atomic E-state index is 0.457. The molecule has 6 nitrogen and oxygen atoms in total. The van der Waals surface area contributed by atoms with E-state index in [9.17, 15) is 0 Å². The Hall–Kier alpha value is -2.89. The molecule has 3 rings (SSSR count). The van der Waals surface area contributed by atoms with Gasteiger partial charge < -0.3 is 24.8 Å². The Morgan fingerprint density at radius 2 is 1.79 bits per heavy atom. The van der Waals surface area contributed by atoms with Crippen LogP contribution >= 0.6 is 0 Å². The molecule has 1 aliphatic rings. The summed E-state index contributed by atoms with van der Waals surface area (Å²) in [6, 6.07) is 13.7. The summed E-state index contributed by atoms with van der Waals surface area (Å²) in [6.07, 6.45) is 0. The molecule has 0 aromatic heterocycles. The van der Waals surface area contributed by atoms with Crippen molar-refractivity contribution in [1.82, 2.24) is 5.32 Å². The average Bonchev–Trinajstić information content (AvgIpc) is 2.64. The third-order valence-corrected chi connectivity index (χ3v) is 3.70. The van der Waals surface area contributed by atoms with Crippen LogP contribution in [-0.4, -0.2) is 33.3 Å². The summed E-state index contributed by atoms with van der Waals surface area (Å²) >= 11 is 0. The van der Waals surface area contributed by atoms with Gasteiger partial charge in [0.2, 0.25) is 5.75 Å². The summed E-state index contributed by atoms with van der Waals surface area (Å²) in [4.78, 5) is 4.47. The van der Waals surface area contributed by atoms with Crippen molar-refractivity contribution in [2.24, 2.45) is 4.99 Å². The van der Waals surface area contributed by atoms with Crippen LogP contribution in [0.5, 0.6) is 17.2 Å². The van der Waals surface area contributed by atoms with Crippen LogP contribution in [0.25, 0.3) is 0 Å². The predicted molar refractivity (Wildman–Crippen MR) is 94.2 cm³/mol. The van der Waals surface area contributed by atoms with Crippen LogP contribution in [0.3, 0.4) is 0 Å². The van der Waals surface area contributed by atoms with Gasteiger partial charge in [0.05, 0.1) is 27.3 Å². The van der Waals surface area contributed by atoms with E-state index in [-0.39, 0.29) is 0 Å². The van der Waals surface area contributed by atoms with Gasteiger partial charge in [0.25, 0.3) is 0 Å². The minimum Gasteiger partial charge on any atom is -0.493 e. The monoisotopic (exact) mass is 327 g/mol. The first kappa shape index (κ1) is 16.0. The molecule has 24 heavy (non-hydrogen) atoms. The summed E-state index contributed by atoms with van der Waals surface area (Å²) in [7, 11) is 3.22. The second-order valence-electron chi connectivity index (χ2n) is 5.21. The highest BCUT2D eigenvalue weighted by atomic mass is 16.5. The number of hydrogen-bond acceptors (Lipinski definition) is 6. The molecule has 0 atom stereocenters. The summed E-state index contributed by atoms with van der Waals surface area (Å²) in [6.45, 7) is 1.74. The summed E-state index contributed by atoms with van der Waals surface area (Å²) in [5.41, 5.74) is 2.28. The third kappa shape index (κ3) is 3.53. The van der Waals surface area contributed by atoms with Gasteiger partial charge in [0.15, 0.2) is 17.5 Å². The van der Waals surface area contributed by atoms with Gasteiger partial charge in [0.1, 0.15) is 6.61 Å². The highest BCUT2D eigenvalue weighted by Crippen LogP contribution is 2.36. The molecule has 2 N–H and O–H groups in total. The normalized spacial score (nSPS) is 12.5. The van der Waals surface area contributed by atoms with Gasteiger partial charge in [-0.1, -0.05) is 24.3 Å². The van der Waals surface area contributed by atoms with E-state index >= 15 is 0 Å². The van der Waals surface area contributed by atoms with E-state index in [1.54, 1.807) is 14.2 Å². The number of anilines is 1. The van der Waals surface area contributed by atoms with Crippen molar-refractivity contribution < 1.29 is 14.2 Å². The quantitative estimate of drug-likeness (QED) is 0.799. The first-order valence-corrected chi connectivity index (χ1v) is 7.79. The lowest BCUT2D eigenvalue weighted by molar-refractivity contribution is 0.278. The van der Waals surface area contributed by atoms with Gasteiger partial charge in [0, 0.05) is 5.69 Å². The first-order valence-electron chi connectivity index (χ1n) is 7.79. The van der Waals surface area contributed by atoms with Gasteiger partial charge in [-0.2, -0.15) is 0 Å². The van der Waals surface area contributed by atoms with Crippen molar-refractivity contribution in [3.05, 3.63) is 48.0 Å². The van der Waals surface area contributed by atoms with Gasteiger partial charge in [-0.25, -0.2) is 4.99 Å². The van der Waals surface area contributed by atoms with Crippen LogP contribution < -0.4 is 24.8 Å². The summed E-state index contributed by atoms with van der Waals surface area (Å²) in [5, 5.41) is 6.51. The Bertz CT molecular complexity index is 709. The zero-order valence-corrected chi connectivity index (χ0v) is 13.8. The number of benzene rings is 2. The zero-order valence-electron chi connectivity index (χ0n) is 13.8. The average molecular weight is 327 g/mol. The van der Waals surface area contributed by atoms with Crippen molar-refractivity contribution in [2.75, 3.05) is 32.7 Å². The number of nitrogens with zero attached hydrogens (tertiary/aromatic N) is 1. The Balaban J connectivity index is 1.53. The lowest BCUT2D eigenvalue weighted by Gasteiger charge is -2.19. The lowest BCUT2D eigenvalue weighted by atomic mass is 10.1. The van der Waals surface area contributed by atoms with Crippen molar-refractivity contribution in [1.29, 1.82) is 0 Å². The number of aliphatic imine (C=N–C) groups is 1. The topological polar surface area (TPSA) is 64.1 Å². The molecule has 0 radical (unpaired) electrons. The standard InChI is InChI=1S/C18H21N3O3/c1-22-15-8-5-9-16(23-2)17(15)24-11-10-19-18-20-12-13-6-3-4-7-14(13)21-18/h3-9H,10-12H2,1-2H3,(H2,19,20,21). The molecule has 0 bridgehead atoms. The molecule has 0 spiro atoms. The molecule has 1 heterocycles. The molecular formula is C18H21N3O3. The highest BCUT2D eigenvalue weighted by molar-refractivity contribution is 5.95. The Morgan fingerprint density at radius 3 is 2.54 bits per heavy atom. The Labute approximate surface area is 141 Å². The lowest BCUT2D eigenvalue weighted by Crippen LogP contribution is -2.35. The largest absolute Gasteiger partial charge is 0.493 e. The Morgan fingerprint density at radius 1 is 1.04 bits per heavy atom. The van der Waals surface area contributed by atoms with Crippen molar-refractivity contribution >= 4 is 11.6 Å². The summed E-state index contributed by atoms with van der Waals surface area (Å²) in [5.74, 6) is 2.66. The van der Waals surface area contributed by atoms with Gasteiger partial charge in [-0.05, 0) is 23.8 Å². The number of methoxy groups -OCH3 is 2. The van der Waals surface area contributed by atoms with Crippen LogP contribution in [0.1, 0.15) is 5.56 Å². The molecule has 0 fully saturated rings. The Kier molecular flexibility index (Phi) is 5.05. The smallest absolute Gasteiger partial charge is 0.203 e. The highest BCUT2D eigenvalue weighted by Gasteiger charge is 2.12. The van der Waals surface area contributed by atoms with Gasteiger partial charge in [-0.15, -0.1) is 0 Å². The van der Waals surface area contributed by atoms with E-state index in [2.05, 4.69) is 21.7 Å². The van der Waals surface area contributed by atoms with Crippen LogP contribution in [0.4, 0.5) is 5.69 Å². The van der Waals surface area contributed by atoms with E-state index in [4.69, 9.17) is 14.2 Å². The molecule has 0 unspecified atom stereocenters. The fourth-order valence-corrected chi connectivity index (χ4v) is 2.49. The number of rotatable bonds is 6. The van der Waals surface area contributed by atoms with Gasteiger partial charge in [-0.3, -0.25) is 0 Å². The van der Waals surface area contributed by atoms with E-state index in [0.717, 1.165) is 11.6 Å². The molecule has 0 saturated carbocycles. The maximum absolute atomic E-state index is 5.82. The second-order valence-corrected chi connectivity index (χ2v) is 5.21. The molecule has 126 valence electrons. The molecule has 0 saturated heterocycles. The molecule has 2 aromatic rings. The number of nitrogens with one attached hydrogen (secondary N) is 2. The van der Waals surface area contributed by atoms with E-state index in [1.165, 1.54) is 5.56 Å². The third-order valence-electron chi connectivity index (χ3n) is 3.70. The van der Waals surface area contributed by atoms with E-state index in [0.29, 0.717) is 36.9 Å². The molecule has 0 amide bonds. The fourth-order valence-electron chi connectivity index (χ4n) is 2.49. The number of fused-ring (bicyclic) bond motifs is 1. The van der Waals surface area contributed by atoms with Crippen molar-refractivity contribution in [2.45, 2.75) is 6.54 Å². The molecular weight excluding hydrogens is 306 g/mol. The fraction of sp³-hybridized carbons (Fsp3) is 0.278. The second kappa shape index (κ2) is 7.59. The maximum atomic E-state index is 5.82. The van der Waals surface area contributed by atoms with Crippen molar-refractivity contribution in [3.8, 4) is 17.2 Å². The minimum atomic E-state index is 0.457. The number of para-hydroxylation sites is 2. The molecule has 6 heteroatoms. The maximum Gasteiger partial charge on any atom is 0.203 e. The first-order chi connectivity index (χ1) is 11.8. The summed E-state index contributed by atoms with van der Waals surface area (Å²) < 4.78 is 16.4. The van der Waals surface area contributed by atoms with Crippen LogP contribution in [-0.2, 0) is 6.54 Å². The number of guanidine groups is 1. The van der Waals surface area contributed by atoms with Crippen molar-refractivity contribution in [3.63, 3.8) is 0 Å². The SMILES string of the molecule is COc1cccc(OC)c1OCCNC1=NCc2ccccc2N1. The number of ether oxygens (including phenoxy) is 3. The van der Waals surface area contributed by atoms with Crippen LogP contribution in [0, 0.1) is 0 Å². The van der Waals surface area contributed by atoms with Crippen LogP contribution in [0.15, 0.2) is 47.5 Å². The predicted octanol–water partition coefficient (Wildman–Crippen LogP) is 2.65. The molecule has 2 aromatic carbocycles. The van der Waals surface area contributed by atoms with Gasteiger partial charge >= 0.3 is 0 Å².